The molecule has 2 rings (SSSR count). The van der Waals surface area contributed by atoms with Gasteiger partial charge in [-0.3, -0.25) is 0 Å². The lowest BCUT2D eigenvalue weighted by molar-refractivity contribution is 0.814. The van der Waals surface area contributed by atoms with E-state index >= 15 is 0 Å². The molecule has 0 amide bonds. The van der Waals surface area contributed by atoms with Crippen molar-refractivity contribution in [2.45, 2.75) is 26.3 Å². The molecule has 0 atom stereocenters. The summed E-state index contributed by atoms with van der Waals surface area (Å²) in [5, 5.41) is 1.76. The van der Waals surface area contributed by atoms with Crippen LogP contribution in [0.5, 0.6) is 0 Å². The summed E-state index contributed by atoms with van der Waals surface area (Å²) in [5.74, 6) is 0.408. The highest BCUT2D eigenvalue weighted by molar-refractivity contribution is 7.15. The molecular formula is C13H15ClN2S. The minimum absolute atomic E-state index is 0.408. The average molecular weight is 267 g/mol. The monoisotopic (exact) mass is 266 g/mol. The lowest BCUT2D eigenvalue weighted by Gasteiger charge is -2.01. The summed E-state index contributed by atoms with van der Waals surface area (Å²) in [6.07, 6.45) is 0. The number of aromatic nitrogens is 1. The maximum atomic E-state index is 5.88. The van der Waals surface area contributed by atoms with Crippen molar-refractivity contribution in [3.05, 3.63) is 39.9 Å². The Kier molecular flexibility index (Phi) is 3.82. The van der Waals surface area contributed by atoms with Gasteiger partial charge in [0.05, 0.1) is 5.69 Å². The Balaban J connectivity index is 2.42. The van der Waals surface area contributed by atoms with Crippen LogP contribution in [0.25, 0.3) is 10.6 Å². The molecule has 0 unspecified atom stereocenters. The summed E-state index contributed by atoms with van der Waals surface area (Å²) in [6.45, 7) is 4.83. The number of halogens is 1. The topological polar surface area (TPSA) is 38.9 Å². The second-order valence-electron chi connectivity index (χ2n) is 4.19. The van der Waals surface area contributed by atoms with Crippen LogP contribution >= 0.6 is 22.9 Å². The number of nitrogens with two attached hydrogens (primary N) is 1. The first-order valence-electron chi connectivity index (χ1n) is 5.57. The molecule has 0 fully saturated rings. The maximum Gasteiger partial charge on any atom is 0.123 e. The smallest absolute Gasteiger partial charge is 0.123 e. The van der Waals surface area contributed by atoms with E-state index in [0.717, 1.165) is 21.3 Å². The molecule has 2 N–H and O–H groups in total. The predicted molar refractivity (Wildman–Crippen MR) is 74.5 cm³/mol. The Morgan fingerprint density at radius 3 is 2.41 bits per heavy atom. The molecule has 2 aromatic rings. The highest BCUT2D eigenvalue weighted by Gasteiger charge is 2.13. The van der Waals surface area contributed by atoms with Crippen LogP contribution in [0.3, 0.4) is 0 Å². The molecule has 1 aromatic heterocycles. The van der Waals surface area contributed by atoms with Gasteiger partial charge in [0.2, 0.25) is 0 Å². The zero-order valence-corrected chi connectivity index (χ0v) is 11.5. The number of hydrogen-bond donors (Lipinski definition) is 1. The zero-order chi connectivity index (χ0) is 12.4. The van der Waals surface area contributed by atoms with E-state index in [1.807, 2.05) is 24.3 Å². The summed E-state index contributed by atoms with van der Waals surface area (Å²) in [5.41, 5.74) is 7.96. The fourth-order valence-corrected chi connectivity index (χ4v) is 2.90. The van der Waals surface area contributed by atoms with E-state index in [4.69, 9.17) is 17.3 Å². The fourth-order valence-electron chi connectivity index (χ4n) is 1.68. The van der Waals surface area contributed by atoms with Crippen molar-refractivity contribution >= 4 is 22.9 Å². The lowest BCUT2D eigenvalue weighted by atomic mass is 10.1. The molecular weight excluding hydrogens is 252 g/mol. The molecule has 1 heterocycles. The van der Waals surface area contributed by atoms with E-state index in [-0.39, 0.29) is 0 Å². The van der Waals surface area contributed by atoms with Crippen molar-refractivity contribution in [3.8, 4) is 10.6 Å². The van der Waals surface area contributed by atoms with Crippen molar-refractivity contribution < 1.29 is 0 Å². The first-order chi connectivity index (χ1) is 8.11. The summed E-state index contributed by atoms with van der Waals surface area (Å²) in [7, 11) is 0. The van der Waals surface area contributed by atoms with Crippen molar-refractivity contribution in [2.24, 2.45) is 5.73 Å². The van der Waals surface area contributed by atoms with Crippen LogP contribution in [0, 0.1) is 0 Å². The standard InChI is InChI=1S/C13H15ClN2S/c1-8(2)12-11(7-15)17-13(16-12)9-3-5-10(14)6-4-9/h3-6,8H,7,15H2,1-2H3. The van der Waals surface area contributed by atoms with Crippen LogP contribution in [-0.2, 0) is 6.54 Å². The van der Waals surface area contributed by atoms with Crippen molar-refractivity contribution in [1.82, 2.24) is 4.98 Å². The van der Waals surface area contributed by atoms with Gasteiger partial charge in [0.15, 0.2) is 0 Å². The van der Waals surface area contributed by atoms with Gasteiger partial charge in [0.1, 0.15) is 5.01 Å². The molecule has 1 aromatic carbocycles. The third-order valence-corrected chi connectivity index (χ3v) is 3.95. The zero-order valence-electron chi connectivity index (χ0n) is 9.90. The Bertz CT molecular complexity index is 503. The number of hydrogen-bond acceptors (Lipinski definition) is 3. The fraction of sp³-hybridized carbons (Fsp3) is 0.308. The number of thiazole rings is 1. The van der Waals surface area contributed by atoms with Crippen LogP contribution < -0.4 is 5.73 Å². The van der Waals surface area contributed by atoms with E-state index in [1.165, 1.54) is 4.88 Å². The molecule has 0 aliphatic rings. The molecule has 4 heteroatoms. The maximum absolute atomic E-state index is 5.88. The van der Waals surface area contributed by atoms with E-state index in [2.05, 4.69) is 18.8 Å². The van der Waals surface area contributed by atoms with E-state index in [1.54, 1.807) is 11.3 Å². The first-order valence-corrected chi connectivity index (χ1v) is 6.77. The molecule has 0 bridgehead atoms. The Labute approximate surface area is 110 Å². The summed E-state index contributed by atoms with van der Waals surface area (Å²) >= 11 is 7.54. The average Bonchev–Trinajstić information content (AvgIpc) is 2.74. The number of rotatable bonds is 3. The molecule has 0 radical (unpaired) electrons. The van der Waals surface area contributed by atoms with E-state index in [0.29, 0.717) is 12.5 Å². The van der Waals surface area contributed by atoms with Gasteiger partial charge in [-0.25, -0.2) is 4.98 Å². The first kappa shape index (κ1) is 12.6. The molecule has 0 saturated carbocycles. The molecule has 0 aliphatic carbocycles. The number of benzene rings is 1. The Hall–Kier alpha value is -0.900. The minimum Gasteiger partial charge on any atom is -0.326 e. The molecule has 17 heavy (non-hydrogen) atoms. The van der Waals surface area contributed by atoms with Gasteiger partial charge in [-0.15, -0.1) is 11.3 Å². The molecule has 0 saturated heterocycles. The largest absolute Gasteiger partial charge is 0.326 e. The normalized spacial score (nSPS) is 11.1. The van der Waals surface area contributed by atoms with E-state index in [9.17, 15) is 0 Å². The van der Waals surface area contributed by atoms with Gasteiger partial charge in [0, 0.05) is 22.0 Å². The highest BCUT2D eigenvalue weighted by atomic mass is 35.5. The van der Waals surface area contributed by atoms with Gasteiger partial charge < -0.3 is 5.73 Å². The van der Waals surface area contributed by atoms with Gasteiger partial charge in [-0.05, 0) is 18.1 Å². The van der Waals surface area contributed by atoms with E-state index < -0.39 is 0 Å². The van der Waals surface area contributed by atoms with Gasteiger partial charge in [0.25, 0.3) is 0 Å². The molecule has 0 spiro atoms. The minimum atomic E-state index is 0.408. The molecule has 90 valence electrons. The highest BCUT2D eigenvalue weighted by Crippen LogP contribution is 2.31. The van der Waals surface area contributed by atoms with Gasteiger partial charge in [-0.2, -0.15) is 0 Å². The van der Waals surface area contributed by atoms with Gasteiger partial charge in [-0.1, -0.05) is 37.6 Å². The second-order valence-corrected chi connectivity index (χ2v) is 5.71. The molecule has 2 nitrogen and oxygen atoms in total. The Morgan fingerprint density at radius 1 is 1.29 bits per heavy atom. The number of nitrogens with zero attached hydrogens (tertiary/aromatic N) is 1. The van der Waals surface area contributed by atoms with Crippen LogP contribution in [0.2, 0.25) is 5.02 Å². The third-order valence-electron chi connectivity index (χ3n) is 2.55. The van der Waals surface area contributed by atoms with Crippen molar-refractivity contribution in [1.29, 1.82) is 0 Å². The second kappa shape index (κ2) is 5.17. The van der Waals surface area contributed by atoms with Gasteiger partial charge >= 0.3 is 0 Å². The van der Waals surface area contributed by atoms with Crippen molar-refractivity contribution in [3.63, 3.8) is 0 Å². The summed E-state index contributed by atoms with van der Waals surface area (Å²) < 4.78 is 0. The van der Waals surface area contributed by atoms with Crippen LogP contribution in [0.4, 0.5) is 0 Å². The van der Waals surface area contributed by atoms with Crippen LogP contribution in [0.15, 0.2) is 24.3 Å². The van der Waals surface area contributed by atoms with Crippen LogP contribution in [-0.4, -0.2) is 4.98 Å². The summed E-state index contributed by atoms with van der Waals surface area (Å²) in [6, 6.07) is 7.75. The third kappa shape index (κ3) is 2.68. The SMILES string of the molecule is CC(C)c1nc(-c2ccc(Cl)cc2)sc1CN. The summed E-state index contributed by atoms with van der Waals surface area (Å²) in [4.78, 5) is 5.85. The Morgan fingerprint density at radius 2 is 1.94 bits per heavy atom. The van der Waals surface area contributed by atoms with Crippen molar-refractivity contribution in [2.75, 3.05) is 0 Å². The predicted octanol–water partition coefficient (Wildman–Crippen LogP) is 4.05. The lowest BCUT2D eigenvalue weighted by Crippen LogP contribution is -1.99. The quantitative estimate of drug-likeness (QED) is 0.910. The molecule has 0 aliphatic heterocycles. The van der Waals surface area contributed by atoms with Crippen LogP contribution in [0.1, 0.15) is 30.3 Å².